The first-order valence-electron chi connectivity index (χ1n) is 9.62. The summed E-state index contributed by atoms with van der Waals surface area (Å²) in [6.07, 6.45) is 8.91. The van der Waals surface area contributed by atoms with Gasteiger partial charge in [0.15, 0.2) is 0 Å². The number of unbranched alkanes of at least 4 members (excludes halogenated alkanes) is 4. The topological polar surface area (TPSA) is 66.4 Å². The number of para-hydroxylation sites is 1. The van der Waals surface area contributed by atoms with Gasteiger partial charge in [-0.2, -0.15) is 0 Å². The molecule has 26 heavy (non-hydrogen) atoms. The van der Waals surface area contributed by atoms with Crippen molar-refractivity contribution in [3.8, 4) is 5.75 Å². The van der Waals surface area contributed by atoms with Crippen LogP contribution in [0.5, 0.6) is 5.75 Å². The average Bonchev–Trinajstić information content (AvgIpc) is 2.56. The molecule has 0 saturated carbocycles. The predicted molar refractivity (Wildman–Crippen MR) is 102 cm³/mol. The van der Waals surface area contributed by atoms with Gasteiger partial charge in [-0.05, 0) is 43.2 Å². The Morgan fingerprint density at radius 2 is 1.46 bits per heavy atom. The minimum absolute atomic E-state index is 0. The summed E-state index contributed by atoms with van der Waals surface area (Å²) in [7, 11) is -4.33. The third kappa shape index (κ3) is 9.23. The first-order valence-corrected chi connectivity index (χ1v) is 11.1. The molecule has 0 spiro atoms. The van der Waals surface area contributed by atoms with Crippen molar-refractivity contribution in [3.63, 3.8) is 0 Å². The molecule has 0 aliphatic rings. The van der Waals surface area contributed by atoms with Crippen molar-refractivity contribution < 1.29 is 47.3 Å². The monoisotopic (exact) mass is 392 g/mol. The Bertz CT molecular complexity index is 574. The van der Waals surface area contributed by atoms with Crippen LogP contribution in [0.15, 0.2) is 18.2 Å². The van der Waals surface area contributed by atoms with E-state index in [-0.39, 0.29) is 42.6 Å². The van der Waals surface area contributed by atoms with Crippen molar-refractivity contribution in [1.29, 1.82) is 0 Å². The van der Waals surface area contributed by atoms with Crippen molar-refractivity contribution >= 4 is 10.1 Å². The van der Waals surface area contributed by atoms with Crippen LogP contribution < -0.4 is 34.3 Å². The minimum Gasteiger partial charge on any atom is -0.748 e. The fourth-order valence-electron chi connectivity index (χ4n) is 2.93. The molecule has 0 bridgehead atoms. The number of benzene rings is 1. The van der Waals surface area contributed by atoms with Crippen LogP contribution in [0.25, 0.3) is 0 Å². The van der Waals surface area contributed by atoms with E-state index in [1.165, 1.54) is 0 Å². The van der Waals surface area contributed by atoms with E-state index in [1.807, 2.05) is 0 Å². The Labute approximate surface area is 182 Å². The number of hydrogen-bond donors (Lipinski definition) is 0. The molecule has 1 aromatic carbocycles. The first kappa shape index (κ1) is 25.9. The SMILES string of the molecule is CCCCCc1cccc(CCCCC)c1OCC(CC)S(=O)(=O)[O-].[Na+]. The molecule has 0 aliphatic carbocycles. The Morgan fingerprint density at radius 1 is 0.962 bits per heavy atom. The van der Waals surface area contributed by atoms with Crippen LogP contribution in [0.1, 0.15) is 76.8 Å². The van der Waals surface area contributed by atoms with Crippen LogP contribution in [0.4, 0.5) is 0 Å². The van der Waals surface area contributed by atoms with Gasteiger partial charge in [-0.25, -0.2) is 8.42 Å². The van der Waals surface area contributed by atoms with Gasteiger partial charge in [0.2, 0.25) is 0 Å². The van der Waals surface area contributed by atoms with Crippen molar-refractivity contribution in [3.05, 3.63) is 29.3 Å². The van der Waals surface area contributed by atoms with Gasteiger partial charge in [0, 0.05) is 0 Å². The number of rotatable bonds is 13. The summed E-state index contributed by atoms with van der Waals surface area (Å²) in [5.74, 6) is 0.803. The summed E-state index contributed by atoms with van der Waals surface area (Å²) in [6.45, 7) is 5.99. The molecule has 6 heteroatoms. The van der Waals surface area contributed by atoms with Crippen molar-refractivity contribution in [1.82, 2.24) is 0 Å². The zero-order valence-corrected chi connectivity index (χ0v) is 19.7. The van der Waals surface area contributed by atoms with Gasteiger partial charge in [0.1, 0.15) is 22.5 Å². The van der Waals surface area contributed by atoms with E-state index in [9.17, 15) is 13.0 Å². The molecule has 0 aromatic heterocycles. The molecule has 1 unspecified atom stereocenters. The molecular formula is C20H33NaO4S. The maximum Gasteiger partial charge on any atom is 1.00 e. The van der Waals surface area contributed by atoms with E-state index in [2.05, 4.69) is 32.0 Å². The number of aryl methyl sites for hydroxylation is 2. The van der Waals surface area contributed by atoms with Gasteiger partial charge in [-0.1, -0.05) is 64.7 Å². The van der Waals surface area contributed by atoms with Gasteiger partial charge < -0.3 is 9.29 Å². The summed E-state index contributed by atoms with van der Waals surface area (Å²) in [5.41, 5.74) is 2.25. The van der Waals surface area contributed by atoms with Crippen LogP contribution in [0.3, 0.4) is 0 Å². The Morgan fingerprint density at radius 3 is 1.85 bits per heavy atom. The second kappa shape index (κ2) is 14.0. The molecule has 1 aromatic rings. The second-order valence-corrected chi connectivity index (χ2v) is 8.31. The Balaban J connectivity index is 0.00000625. The Hall–Kier alpha value is -0.0700. The maximum absolute atomic E-state index is 11.3. The fraction of sp³-hybridized carbons (Fsp3) is 0.700. The van der Waals surface area contributed by atoms with E-state index in [0.29, 0.717) is 0 Å². The first-order chi connectivity index (χ1) is 11.9. The molecule has 4 nitrogen and oxygen atoms in total. The summed E-state index contributed by atoms with van der Waals surface area (Å²) in [6, 6.07) is 6.17. The molecule has 0 saturated heterocycles. The van der Waals surface area contributed by atoms with Gasteiger partial charge >= 0.3 is 29.6 Å². The zero-order valence-electron chi connectivity index (χ0n) is 16.9. The molecule has 0 heterocycles. The average molecular weight is 393 g/mol. The molecule has 0 fully saturated rings. The molecule has 0 N–H and O–H groups in total. The van der Waals surface area contributed by atoms with Crippen molar-refractivity contribution in [2.24, 2.45) is 0 Å². The Kier molecular flexibility index (Phi) is 14.0. The zero-order chi connectivity index (χ0) is 18.7. The van der Waals surface area contributed by atoms with Crippen molar-refractivity contribution in [2.75, 3.05) is 6.61 Å². The van der Waals surface area contributed by atoms with Gasteiger partial charge in [0.25, 0.3) is 0 Å². The summed E-state index contributed by atoms with van der Waals surface area (Å²) < 4.78 is 39.9. The van der Waals surface area contributed by atoms with E-state index in [4.69, 9.17) is 4.74 Å². The van der Waals surface area contributed by atoms with E-state index in [0.717, 1.165) is 68.2 Å². The number of hydrogen-bond acceptors (Lipinski definition) is 4. The molecule has 1 rings (SSSR count). The summed E-state index contributed by atoms with van der Waals surface area (Å²) >= 11 is 0. The standard InChI is InChI=1S/C20H34O4S.Na/c1-4-7-9-12-17-14-11-15-18(13-10-8-5-2)20(17)24-16-19(6-3)25(21,22)23;/h11,14-15,19H,4-10,12-13,16H2,1-3H3,(H,21,22,23);/q;+1/p-1. The summed E-state index contributed by atoms with van der Waals surface area (Å²) in [4.78, 5) is 0. The normalized spacial score (nSPS) is 12.5. The van der Waals surface area contributed by atoms with Crippen LogP contribution in [-0.4, -0.2) is 24.8 Å². The van der Waals surface area contributed by atoms with Crippen LogP contribution in [0.2, 0.25) is 0 Å². The fourth-order valence-corrected chi connectivity index (χ4v) is 3.57. The largest absolute Gasteiger partial charge is 1.00 e. The summed E-state index contributed by atoms with van der Waals surface area (Å²) in [5, 5.41) is -0.986. The van der Waals surface area contributed by atoms with Gasteiger partial charge in [-0.15, -0.1) is 0 Å². The molecule has 144 valence electrons. The van der Waals surface area contributed by atoms with Crippen molar-refractivity contribution in [2.45, 2.75) is 83.8 Å². The number of ether oxygens (including phenoxy) is 1. The van der Waals surface area contributed by atoms with E-state index in [1.54, 1.807) is 6.92 Å². The second-order valence-electron chi connectivity index (χ2n) is 6.65. The quantitative estimate of drug-likeness (QED) is 0.292. The molecular weight excluding hydrogens is 359 g/mol. The smallest absolute Gasteiger partial charge is 0.748 e. The van der Waals surface area contributed by atoms with Gasteiger partial charge in [0.05, 0.1) is 5.25 Å². The third-order valence-electron chi connectivity index (χ3n) is 4.55. The molecule has 0 aliphatic heterocycles. The van der Waals surface area contributed by atoms with Crippen LogP contribution in [0, 0.1) is 0 Å². The van der Waals surface area contributed by atoms with Crippen LogP contribution >= 0.6 is 0 Å². The third-order valence-corrected chi connectivity index (χ3v) is 5.84. The predicted octanol–water partition coefficient (Wildman–Crippen LogP) is 1.86. The maximum atomic E-state index is 11.3. The molecule has 0 radical (unpaired) electrons. The van der Waals surface area contributed by atoms with Crippen LogP contribution in [-0.2, 0) is 23.0 Å². The van der Waals surface area contributed by atoms with E-state index < -0.39 is 15.4 Å². The molecule has 0 amide bonds. The minimum atomic E-state index is -4.33. The van der Waals surface area contributed by atoms with Gasteiger partial charge in [-0.3, -0.25) is 0 Å². The molecule has 1 atom stereocenters. The van der Waals surface area contributed by atoms with E-state index >= 15 is 0 Å².